The number of nitrogens with one attached hydrogen (secondary N) is 2. The molecule has 4 rings (SSSR count). The summed E-state index contributed by atoms with van der Waals surface area (Å²) >= 11 is 0. The van der Waals surface area contributed by atoms with Gasteiger partial charge in [-0.3, -0.25) is 9.59 Å². The number of nitrogens with zero attached hydrogens (tertiary/aromatic N) is 2. The number of amides is 1. The van der Waals surface area contributed by atoms with Crippen LogP contribution in [0.4, 0.5) is 11.5 Å². The molecule has 0 spiro atoms. The topological polar surface area (TPSA) is 104 Å². The number of anilines is 2. The van der Waals surface area contributed by atoms with Gasteiger partial charge >= 0.3 is 5.97 Å². The number of aromatic amines is 1. The molecule has 0 unspecified atom stereocenters. The number of fused-ring (bicyclic) bond motifs is 1. The van der Waals surface area contributed by atoms with Crippen LogP contribution in [-0.4, -0.2) is 41.5 Å². The van der Waals surface area contributed by atoms with Crippen molar-refractivity contribution in [3.05, 3.63) is 64.4 Å². The van der Waals surface area contributed by atoms with E-state index < -0.39 is 5.97 Å². The molecule has 2 N–H and O–H groups in total. The number of para-hydroxylation sites is 2. The first-order valence-corrected chi connectivity index (χ1v) is 10.4. The molecule has 1 amide bonds. The minimum atomic E-state index is -0.427. The molecule has 160 valence electrons. The zero-order valence-corrected chi connectivity index (χ0v) is 17.3. The van der Waals surface area contributed by atoms with E-state index in [0.29, 0.717) is 47.6 Å². The highest BCUT2D eigenvalue weighted by Gasteiger charge is 2.28. The first kappa shape index (κ1) is 20.6. The van der Waals surface area contributed by atoms with Crippen molar-refractivity contribution in [2.75, 3.05) is 29.9 Å². The van der Waals surface area contributed by atoms with Gasteiger partial charge in [0, 0.05) is 18.8 Å². The zero-order chi connectivity index (χ0) is 21.8. The molecule has 1 aromatic heterocycles. The maximum Gasteiger partial charge on any atom is 0.338 e. The first-order valence-electron chi connectivity index (χ1n) is 10.4. The normalized spacial score (nSPS) is 16.2. The summed E-state index contributed by atoms with van der Waals surface area (Å²) in [5, 5.41) is 2.89. The third-order valence-electron chi connectivity index (χ3n) is 5.31. The van der Waals surface area contributed by atoms with Crippen molar-refractivity contribution in [1.82, 2.24) is 9.97 Å². The summed E-state index contributed by atoms with van der Waals surface area (Å²) in [6, 6.07) is 14.1. The highest BCUT2D eigenvalue weighted by atomic mass is 16.5. The molecule has 0 bridgehead atoms. The number of carbonyl (C=O) groups excluding carboxylic acids is 2. The van der Waals surface area contributed by atoms with Crippen molar-refractivity contribution in [1.29, 1.82) is 0 Å². The van der Waals surface area contributed by atoms with Gasteiger partial charge in [0.15, 0.2) is 5.82 Å². The molecule has 31 heavy (non-hydrogen) atoms. The van der Waals surface area contributed by atoms with Gasteiger partial charge in [-0.25, -0.2) is 9.78 Å². The molecule has 8 heteroatoms. The molecule has 1 atom stereocenters. The average Bonchev–Trinajstić information content (AvgIpc) is 2.79. The molecular weight excluding hydrogens is 396 g/mol. The van der Waals surface area contributed by atoms with Crippen LogP contribution in [0.5, 0.6) is 0 Å². The van der Waals surface area contributed by atoms with Gasteiger partial charge in [-0.1, -0.05) is 18.2 Å². The van der Waals surface area contributed by atoms with Crippen LogP contribution in [-0.2, 0) is 9.53 Å². The Kier molecular flexibility index (Phi) is 5.97. The fourth-order valence-electron chi connectivity index (χ4n) is 3.80. The lowest BCUT2D eigenvalue weighted by molar-refractivity contribution is -0.120. The number of piperidine rings is 1. The van der Waals surface area contributed by atoms with Gasteiger partial charge in [0.1, 0.15) is 0 Å². The van der Waals surface area contributed by atoms with Gasteiger partial charge < -0.3 is 19.9 Å². The summed E-state index contributed by atoms with van der Waals surface area (Å²) in [7, 11) is 0. The predicted octanol–water partition coefficient (Wildman–Crippen LogP) is 2.95. The molecule has 1 aliphatic heterocycles. The SMILES string of the molecule is CCOC(=O)c1cccc(NC(=O)[C@@H]2CCCN(c3nc4ccccc4[nH]c3=O)C2)c1. The van der Waals surface area contributed by atoms with Gasteiger partial charge in [-0.05, 0) is 50.1 Å². The lowest BCUT2D eigenvalue weighted by Gasteiger charge is -2.32. The molecular formula is C23H24N4O4. The molecule has 0 saturated carbocycles. The van der Waals surface area contributed by atoms with Gasteiger partial charge in [0.05, 0.1) is 29.1 Å². The van der Waals surface area contributed by atoms with E-state index in [1.807, 2.05) is 29.2 Å². The number of benzene rings is 2. The number of ether oxygens (including phenoxy) is 1. The van der Waals surface area contributed by atoms with Crippen LogP contribution in [0.3, 0.4) is 0 Å². The van der Waals surface area contributed by atoms with E-state index in [9.17, 15) is 14.4 Å². The third-order valence-corrected chi connectivity index (χ3v) is 5.31. The van der Waals surface area contributed by atoms with Crippen LogP contribution < -0.4 is 15.8 Å². The Labute approximate surface area is 179 Å². The van der Waals surface area contributed by atoms with Crippen LogP contribution in [0.2, 0.25) is 0 Å². The van der Waals surface area contributed by atoms with E-state index >= 15 is 0 Å². The van der Waals surface area contributed by atoms with Crippen LogP contribution in [0, 0.1) is 5.92 Å². The Morgan fingerprint density at radius 3 is 2.90 bits per heavy atom. The van der Waals surface area contributed by atoms with E-state index in [0.717, 1.165) is 6.42 Å². The summed E-state index contributed by atoms with van der Waals surface area (Å²) in [5.74, 6) is -0.542. The van der Waals surface area contributed by atoms with Gasteiger partial charge in [0.25, 0.3) is 5.56 Å². The number of H-pyrrole nitrogens is 1. The van der Waals surface area contributed by atoms with Crippen molar-refractivity contribution in [3.8, 4) is 0 Å². The molecule has 3 aromatic rings. The van der Waals surface area contributed by atoms with Crippen molar-refractivity contribution in [2.24, 2.45) is 5.92 Å². The number of esters is 1. The monoisotopic (exact) mass is 420 g/mol. The van der Waals surface area contributed by atoms with Crippen LogP contribution in [0.15, 0.2) is 53.3 Å². The lowest BCUT2D eigenvalue weighted by atomic mass is 9.97. The number of hydrogen-bond acceptors (Lipinski definition) is 6. The van der Waals surface area contributed by atoms with E-state index in [1.54, 1.807) is 31.2 Å². The summed E-state index contributed by atoms with van der Waals surface area (Å²) in [6.45, 7) is 3.09. The van der Waals surface area contributed by atoms with Crippen molar-refractivity contribution >= 4 is 34.4 Å². The Balaban J connectivity index is 1.48. The molecule has 2 heterocycles. The van der Waals surface area contributed by atoms with Crippen LogP contribution in [0.1, 0.15) is 30.1 Å². The Bertz CT molecular complexity index is 1170. The number of hydrogen-bond donors (Lipinski definition) is 2. The summed E-state index contributed by atoms with van der Waals surface area (Å²) in [4.78, 5) is 46.6. The molecule has 0 aliphatic carbocycles. The average molecular weight is 420 g/mol. The van der Waals surface area contributed by atoms with E-state index in [2.05, 4.69) is 15.3 Å². The van der Waals surface area contributed by atoms with Gasteiger partial charge in [0.2, 0.25) is 5.91 Å². The maximum atomic E-state index is 12.9. The van der Waals surface area contributed by atoms with Crippen molar-refractivity contribution in [3.63, 3.8) is 0 Å². The molecule has 1 aliphatic rings. The number of carbonyl (C=O) groups is 2. The summed E-state index contributed by atoms with van der Waals surface area (Å²) in [5.41, 5.74) is 2.05. The van der Waals surface area contributed by atoms with E-state index in [-0.39, 0.29) is 24.0 Å². The largest absolute Gasteiger partial charge is 0.462 e. The minimum absolute atomic E-state index is 0.150. The molecule has 8 nitrogen and oxygen atoms in total. The van der Waals surface area contributed by atoms with Gasteiger partial charge in [-0.15, -0.1) is 0 Å². The molecule has 1 fully saturated rings. The fraction of sp³-hybridized carbons (Fsp3) is 0.304. The number of aromatic nitrogens is 2. The second kappa shape index (κ2) is 8.99. The lowest BCUT2D eigenvalue weighted by Crippen LogP contribution is -2.43. The summed E-state index contributed by atoms with van der Waals surface area (Å²) in [6.07, 6.45) is 1.49. The molecule has 0 radical (unpaired) electrons. The minimum Gasteiger partial charge on any atom is -0.462 e. The van der Waals surface area contributed by atoms with Crippen LogP contribution in [0.25, 0.3) is 11.0 Å². The standard InChI is InChI=1S/C23H24N4O4/c1-2-31-23(30)15-7-5-9-17(13-15)24-21(28)16-8-6-12-27(14-16)20-22(29)26-19-11-4-3-10-18(19)25-20/h3-5,7,9-11,13,16H,2,6,8,12,14H2,1H3,(H,24,28)(H,26,29)/t16-/m1/s1. The second-order valence-electron chi connectivity index (χ2n) is 7.48. The smallest absolute Gasteiger partial charge is 0.338 e. The third kappa shape index (κ3) is 4.58. The van der Waals surface area contributed by atoms with Gasteiger partial charge in [-0.2, -0.15) is 0 Å². The molecule has 1 saturated heterocycles. The first-order chi connectivity index (χ1) is 15.0. The Morgan fingerprint density at radius 2 is 2.06 bits per heavy atom. The second-order valence-corrected chi connectivity index (χ2v) is 7.48. The highest BCUT2D eigenvalue weighted by molar-refractivity contribution is 5.95. The maximum absolute atomic E-state index is 12.9. The quantitative estimate of drug-likeness (QED) is 0.615. The van der Waals surface area contributed by atoms with Crippen LogP contribution >= 0.6 is 0 Å². The number of rotatable bonds is 5. The highest BCUT2D eigenvalue weighted by Crippen LogP contribution is 2.22. The Morgan fingerprint density at radius 1 is 1.23 bits per heavy atom. The zero-order valence-electron chi connectivity index (χ0n) is 17.3. The fourth-order valence-corrected chi connectivity index (χ4v) is 3.80. The molecule has 2 aromatic carbocycles. The van der Waals surface area contributed by atoms with E-state index in [4.69, 9.17) is 4.74 Å². The Hall–Kier alpha value is -3.68. The summed E-state index contributed by atoms with van der Waals surface area (Å²) < 4.78 is 5.01. The van der Waals surface area contributed by atoms with Crippen molar-refractivity contribution < 1.29 is 14.3 Å². The predicted molar refractivity (Wildman–Crippen MR) is 118 cm³/mol. The van der Waals surface area contributed by atoms with E-state index in [1.165, 1.54) is 0 Å². The van der Waals surface area contributed by atoms with Crippen molar-refractivity contribution in [2.45, 2.75) is 19.8 Å².